The van der Waals surface area contributed by atoms with E-state index in [4.69, 9.17) is 14.2 Å². The number of benzene rings is 2. The minimum atomic E-state index is -0.862. The van der Waals surface area contributed by atoms with Gasteiger partial charge >= 0.3 is 12.2 Å². The van der Waals surface area contributed by atoms with E-state index < -0.39 is 21.7 Å². The Morgan fingerprint density at radius 3 is 2.26 bits per heavy atom. The number of ether oxygens (including phenoxy) is 3. The summed E-state index contributed by atoms with van der Waals surface area (Å²) in [7, 11) is 0. The molecular weight excluding hydrogens is 594 g/mol. The Kier molecular flexibility index (Phi) is 12.4. The van der Waals surface area contributed by atoms with Gasteiger partial charge in [-0.2, -0.15) is 0 Å². The van der Waals surface area contributed by atoms with E-state index in [1.54, 1.807) is 18.2 Å². The Labute approximate surface area is 260 Å². The van der Waals surface area contributed by atoms with Crippen molar-refractivity contribution in [1.29, 1.82) is 0 Å². The van der Waals surface area contributed by atoms with E-state index in [-0.39, 0.29) is 25.5 Å². The van der Waals surface area contributed by atoms with Crippen molar-refractivity contribution in [1.82, 2.24) is 4.90 Å². The fourth-order valence-electron chi connectivity index (χ4n) is 4.12. The summed E-state index contributed by atoms with van der Waals surface area (Å²) in [6, 6.07) is 14.8. The molecule has 1 amide bonds. The number of aliphatic imine (C=N–C) groups is 1. The highest BCUT2D eigenvalue weighted by Gasteiger charge is 2.29. The Balaban J connectivity index is 1.73. The topological polar surface area (TPSA) is 140 Å². The first kappa shape index (κ1) is 33.8. The lowest BCUT2D eigenvalue weighted by Gasteiger charge is -2.29. The third kappa shape index (κ3) is 10.5. The summed E-state index contributed by atoms with van der Waals surface area (Å²) in [6.07, 6.45) is -0.481. The SMILES string of the molecule is Cc1ccccc1N(CC1=NCCN1C(=O)OCCC(C)(C)SN=O)c1cccc(OC(=O)OCCC(C)(C)SN=O)c1. The van der Waals surface area contributed by atoms with Crippen LogP contribution in [0.15, 0.2) is 62.7 Å². The summed E-state index contributed by atoms with van der Waals surface area (Å²) in [5.41, 5.74) is 2.58. The van der Waals surface area contributed by atoms with Crippen molar-refractivity contribution in [2.45, 2.75) is 57.0 Å². The largest absolute Gasteiger partial charge is 0.513 e. The quantitative estimate of drug-likeness (QED) is 0.0832. The third-order valence-electron chi connectivity index (χ3n) is 6.61. The lowest BCUT2D eigenvalue weighted by Crippen LogP contribution is -2.41. The highest BCUT2D eigenvalue weighted by Crippen LogP contribution is 2.32. The van der Waals surface area contributed by atoms with Crippen LogP contribution in [0.2, 0.25) is 0 Å². The van der Waals surface area contributed by atoms with Gasteiger partial charge < -0.3 is 19.1 Å². The monoisotopic (exact) mass is 631 g/mol. The van der Waals surface area contributed by atoms with E-state index >= 15 is 0 Å². The lowest BCUT2D eigenvalue weighted by molar-refractivity contribution is 0.0961. The van der Waals surface area contributed by atoms with Crippen molar-refractivity contribution in [3.63, 3.8) is 0 Å². The zero-order valence-corrected chi connectivity index (χ0v) is 26.6. The fraction of sp³-hybridized carbons (Fsp3) is 0.483. The summed E-state index contributed by atoms with van der Waals surface area (Å²) in [6.45, 7) is 10.7. The van der Waals surface area contributed by atoms with E-state index in [0.29, 0.717) is 37.5 Å². The minimum absolute atomic E-state index is 0.0689. The van der Waals surface area contributed by atoms with Crippen LogP contribution in [-0.2, 0) is 9.47 Å². The molecular formula is C29H37N5O7S2. The molecule has 1 heterocycles. The molecule has 0 spiro atoms. The zero-order valence-electron chi connectivity index (χ0n) is 25.0. The smallest absolute Gasteiger partial charge is 0.449 e. The minimum Gasteiger partial charge on any atom is -0.449 e. The Morgan fingerprint density at radius 2 is 1.60 bits per heavy atom. The molecule has 0 aromatic heterocycles. The van der Waals surface area contributed by atoms with E-state index in [2.05, 4.69) is 14.2 Å². The molecule has 0 saturated carbocycles. The summed E-state index contributed by atoms with van der Waals surface area (Å²) < 4.78 is 21.0. The van der Waals surface area contributed by atoms with Crippen molar-refractivity contribution in [2.75, 3.05) is 37.7 Å². The number of aryl methyl sites for hydroxylation is 1. The third-order valence-corrected chi connectivity index (χ3v) is 8.15. The number of rotatable bonds is 15. The molecule has 0 aliphatic carbocycles. The van der Waals surface area contributed by atoms with Crippen LogP contribution in [0.5, 0.6) is 5.75 Å². The number of nitroso groups, excluding NO2 is 2. The Morgan fingerprint density at radius 1 is 0.953 bits per heavy atom. The van der Waals surface area contributed by atoms with Crippen LogP contribution in [0.25, 0.3) is 0 Å². The molecule has 1 aliphatic heterocycles. The fourth-order valence-corrected chi connectivity index (χ4v) is 4.88. The summed E-state index contributed by atoms with van der Waals surface area (Å²) >= 11 is 1.80. The predicted octanol–water partition coefficient (Wildman–Crippen LogP) is 7.67. The van der Waals surface area contributed by atoms with Crippen LogP contribution in [0.4, 0.5) is 21.0 Å². The molecule has 0 saturated heterocycles. The van der Waals surface area contributed by atoms with Crippen LogP contribution in [0, 0.1) is 16.7 Å². The standard InChI is InChI=1S/C29H37N5O7S2/c1-21-9-6-7-12-24(21)34(20-25-30-15-16-33(25)26(35)39-17-13-28(2,3)42-31-37)22-10-8-11-23(19-22)41-27(36)40-18-14-29(4,5)43-32-38/h6-12,19H,13-18,20H2,1-5H3. The van der Waals surface area contributed by atoms with Crippen LogP contribution in [0.3, 0.4) is 0 Å². The molecule has 14 heteroatoms. The summed E-state index contributed by atoms with van der Waals surface area (Å²) in [5, 5.41) is 0. The molecule has 0 N–H and O–H groups in total. The summed E-state index contributed by atoms with van der Waals surface area (Å²) in [4.78, 5) is 54.7. The normalized spacial score (nSPS) is 13.2. The maximum Gasteiger partial charge on any atom is 0.513 e. The average Bonchev–Trinajstić information content (AvgIpc) is 3.40. The lowest BCUT2D eigenvalue weighted by atomic mass is 10.1. The number of amides is 1. The molecule has 2 aromatic rings. The summed E-state index contributed by atoms with van der Waals surface area (Å²) in [5.74, 6) is 0.812. The van der Waals surface area contributed by atoms with Crippen molar-refractivity contribution < 1.29 is 23.8 Å². The first-order valence-corrected chi connectivity index (χ1v) is 15.3. The molecule has 0 bridgehead atoms. The first-order valence-electron chi connectivity index (χ1n) is 13.7. The first-order chi connectivity index (χ1) is 20.4. The average molecular weight is 632 g/mol. The number of hydrogen-bond acceptors (Lipinski definition) is 13. The maximum atomic E-state index is 13.0. The molecule has 12 nitrogen and oxygen atoms in total. The number of carbonyl (C=O) groups is 2. The highest BCUT2D eigenvalue weighted by molar-refractivity contribution is 7.99. The van der Waals surface area contributed by atoms with Crippen LogP contribution >= 0.6 is 23.9 Å². The van der Waals surface area contributed by atoms with E-state index in [1.165, 1.54) is 4.90 Å². The van der Waals surface area contributed by atoms with E-state index in [9.17, 15) is 19.4 Å². The molecule has 3 rings (SSSR count). The van der Waals surface area contributed by atoms with Gasteiger partial charge in [0, 0.05) is 60.0 Å². The van der Waals surface area contributed by atoms with Gasteiger partial charge in [-0.15, -0.1) is 9.81 Å². The second-order valence-corrected chi connectivity index (χ2v) is 13.9. The molecule has 232 valence electrons. The number of nitrogens with zero attached hydrogens (tertiary/aromatic N) is 5. The number of carbonyl (C=O) groups excluding carboxylic acids is 2. The Bertz CT molecular complexity index is 1320. The van der Waals surface area contributed by atoms with Crippen molar-refractivity contribution >= 4 is 53.4 Å². The number of anilines is 2. The van der Waals surface area contributed by atoms with Crippen LogP contribution in [-0.4, -0.2) is 65.3 Å². The number of hydrogen-bond donors (Lipinski definition) is 0. The molecule has 43 heavy (non-hydrogen) atoms. The Hall–Kier alpha value is -3.65. The van der Waals surface area contributed by atoms with Crippen LogP contribution in [0.1, 0.15) is 46.1 Å². The molecule has 0 atom stereocenters. The van der Waals surface area contributed by atoms with Gasteiger partial charge in [-0.05, 0) is 71.2 Å². The zero-order chi connectivity index (χ0) is 31.5. The molecule has 1 aliphatic rings. The van der Waals surface area contributed by atoms with Gasteiger partial charge in [-0.25, -0.2) is 9.59 Å². The number of para-hydroxylation sites is 1. The van der Waals surface area contributed by atoms with Gasteiger partial charge in [0.1, 0.15) is 11.6 Å². The van der Waals surface area contributed by atoms with Crippen molar-refractivity contribution in [3.8, 4) is 5.75 Å². The van der Waals surface area contributed by atoms with Gasteiger partial charge in [0.2, 0.25) is 0 Å². The van der Waals surface area contributed by atoms with Crippen molar-refractivity contribution in [3.05, 3.63) is 63.9 Å². The van der Waals surface area contributed by atoms with Crippen LogP contribution < -0.4 is 9.64 Å². The van der Waals surface area contributed by atoms with E-state index in [1.807, 2.05) is 69.9 Å². The van der Waals surface area contributed by atoms with Crippen molar-refractivity contribution in [2.24, 2.45) is 14.2 Å². The second kappa shape index (κ2) is 15.7. The van der Waals surface area contributed by atoms with E-state index in [0.717, 1.165) is 35.1 Å². The molecule has 0 radical (unpaired) electrons. The second-order valence-electron chi connectivity index (χ2n) is 11.0. The molecule has 2 aromatic carbocycles. The van der Waals surface area contributed by atoms with Gasteiger partial charge in [0.25, 0.3) is 0 Å². The van der Waals surface area contributed by atoms with Gasteiger partial charge in [-0.3, -0.25) is 9.89 Å². The maximum absolute atomic E-state index is 13.0. The van der Waals surface area contributed by atoms with Gasteiger partial charge in [0.15, 0.2) is 0 Å². The highest BCUT2D eigenvalue weighted by atomic mass is 32.2. The molecule has 0 fully saturated rings. The molecule has 0 unspecified atom stereocenters. The predicted molar refractivity (Wildman–Crippen MR) is 171 cm³/mol. The van der Waals surface area contributed by atoms with Gasteiger partial charge in [0.05, 0.1) is 32.8 Å². The van der Waals surface area contributed by atoms with Gasteiger partial charge in [-0.1, -0.05) is 24.3 Å². The number of amidine groups is 1.